The van der Waals surface area contributed by atoms with Gasteiger partial charge in [0.2, 0.25) is 0 Å². The minimum absolute atomic E-state index is 0.0445. The Labute approximate surface area is 77.5 Å². The maximum absolute atomic E-state index is 5.94. The van der Waals surface area contributed by atoms with E-state index in [9.17, 15) is 0 Å². The molecule has 0 aromatic carbocycles. The molecular weight excluding hydrogens is 148 g/mol. The summed E-state index contributed by atoms with van der Waals surface area (Å²) in [6.07, 6.45) is 2.65. The molecule has 2 atom stereocenters. The van der Waals surface area contributed by atoms with Gasteiger partial charge in [0.05, 0.1) is 11.7 Å². The van der Waals surface area contributed by atoms with Gasteiger partial charge in [-0.25, -0.2) is 0 Å². The zero-order valence-electron chi connectivity index (χ0n) is 9.48. The topological polar surface area (TPSA) is 9.23 Å². The van der Waals surface area contributed by atoms with Crippen molar-refractivity contribution >= 4 is 0 Å². The van der Waals surface area contributed by atoms with E-state index in [1.165, 1.54) is 6.42 Å². The van der Waals surface area contributed by atoms with Crippen molar-refractivity contribution in [1.82, 2.24) is 0 Å². The zero-order chi connectivity index (χ0) is 9.78. The van der Waals surface area contributed by atoms with E-state index in [0.717, 1.165) is 6.42 Å². The lowest BCUT2D eigenvalue weighted by molar-refractivity contribution is -0.0860. The molecule has 0 aromatic heterocycles. The van der Waals surface area contributed by atoms with Crippen LogP contribution in [0.5, 0.6) is 0 Å². The Kier molecular flexibility index (Phi) is 4.84. The minimum Gasteiger partial charge on any atom is -0.372 e. The lowest BCUT2D eigenvalue weighted by Gasteiger charge is -2.30. The van der Waals surface area contributed by atoms with E-state index in [1.54, 1.807) is 0 Å². The predicted octanol–water partition coefficient (Wildman–Crippen LogP) is 3.63. The highest BCUT2D eigenvalue weighted by molar-refractivity contribution is 4.70. The summed E-state index contributed by atoms with van der Waals surface area (Å²) in [4.78, 5) is 0. The van der Waals surface area contributed by atoms with Crippen LogP contribution in [0.25, 0.3) is 0 Å². The Morgan fingerprint density at radius 3 is 2.00 bits per heavy atom. The normalized spacial score (nSPS) is 17.5. The van der Waals surface area contributed by atoms with Gasteiger partial charge in [0.25, 0.3) is 0 Å². The predicted molar refractivity (Wildman–Crippen MR) is 54.4 cm³/mol. The summed E-state index contributed by atoms with van der Waals surface area (Å²) in [6.45, 7) is 13.1. The fraction of sp³-hybridized carbons (Fsp3) is 1.00. The molecule has 12 heavy (non-hydrogen) atoms. The zero-order valence-corrected chi connectivity index (χ0v) is 9.48. The molecule has 0 amide bonds. The van der Waals surface area contributed by atoms with Crippen LogP contribution in [0.2, 0.25) is 0 Å². The van der Waals surface area contributed by atoms with Gasteiger partial charge in [-0.2, -0.15) is 0 Å². The smallest absolute Gasteiger partial charge is 0.0627 e. The van der Waals surface area contributed by atoms with Gasteiger partial charge in [0.1, 0.15) is 0 Å². The summed E-state index contributed by atoms with van der Waals surface area (Å²) in [5.41, 5.74) is 0.0445. The molecule has 0 spiro atoms. The minimum atomic E-state index is 0.0445. The summed E-state index contributed by atoms with van der Waals surface area (Å²) in [5, 5.41) is 0. The molecule has 0 aliphatic rings. The fourth-order valence-electron chi connectivity index (χ4n) is 1.03. The summed E-state index contributed by atoms with van der Waals surface area (Å²) in [5.74, 6) is 0.663. The molecule has 0 aliphatic heterocycles. The molecule has 0 aliphatic carbocycles. The molecule has 0 saturated heterocycles. The van der Waals surface area contributed by atoms with Gasteiger partial charge in [0, 0.05) is 0 Å². The van der Waals surface area contributed by atoms with Crippen molar-refractivity contribution in [2.24, 2.45) is 5.92 Å². The lowest BCUT2D eigenvalue weighted by atomic mass is 10.0. The SMILES string of the molecule is CCC(C)C(C)OC(C)(C)CC. The lowest BCUT2D eigenvalue weighted by Crippen LogP contribution is -2.31. The number of hydrogen-bond donors (Lipinski definition) is 0. The van der Waals surface area contributed by atoms with Crippen molar-refractivity contribution in [3.63, 3.8) is 0 Å². The molecule has 1 heteroatoms. The molecule has 0 rings (SSSR count). The van der Waals surface area contributed by atoms with Crippen molar-refractivity contribution in [3.05, 3.63) is 0 Å². The highest BCUT2D eigenvalue weighted by Crippen LogP contribution is 2.21. The van der Waals surface area contributed by atoms with Crippen molar-refractivity contribution < 1.29 is 4.74 Å². The van der Waals surface area contributed by atoms with E-state index < -0.39 is 0 Å². The van der Waals surface area contributed by atoms with Crippen LogP contribution in [0.1, 0.15) is 54.4 Å². The van der Waals surface area contributed by atoms with Crippen molar-refractivity contribution in [2.45, 2.75) is 66.1 Å². The van der Waals surface area contributed by atoms with E-state index in [4.69, 9.17) is 4.74 Å². The molecule has 0 aromatic rings. The monoisotopic (exact) mass is 172 g/mol. The van der Waals surface area contributed by atoms with Crippen LogP contribution >= 0.6 is 0 Å². The first kappa shape index (κ1) is 12.0. The van der Waals surface area contributed by atoms with Crippen molar-refractivity contribution in [3.8, 4) is 0 Å². The Bertz CT molecular complexity index is 118. The third-order valence-corrected chi connectivity index (χ3v) is 2.80. The highest BCUT2D eigenvalue weighted by atomic mass is 16.5. The molecule has 0 bridgehead atoms. The van der Waals surface area contributed by atoms with E-state index in [-0.39, 0.29) is 5.60 Å². The maximum Gasteiger partial charge on any atom is 0.0627 e. The summed E-state index contributed by atoms with van der Waals surface area (Å²) in [6, 6.07) is 0. The van der Waals surface area contributed by atoms with E-state index >= 15 is 0 Å². The van der Waals surface area contributed by atoms with Gasteiger partial charge in [-0.3, -0.25) is 0 Å². The molecule has 1 nitrogen and oxygen atoms in total. The molecule has 74 valence electrons. The number of rotatable bonds is 5. The first-order chi connectivity index (χ1) is 5.43. The molecule has 0 fully saturated rings. The Hall–Kier alpha value is -0.0400. The molecule has 0 saturated carbocycles. The first-order valence-electron chi connectivity index (χ1n) is 5.10. The second kappa shape index (κ2) is 4.86. The number of ether oxygens (including phenoxy) is 1. The van der Waals surface area contributed by atoms with Gasteiger partial charge in [-0.1, -0.05) is 27.2 Å². The summed E-state index contributed by atoms with van der Waals surface area (Å²) in [7, 11) is 0. The van der Waals surface area contributed by atoms with Crippen LogP contribution in [0, 0.1) is 5.92 Å². The highest BCUT2D eigenvalue weighted by Gasteiger charge is 2.21. The van der Waals surface area contributed by atoms with Crippen LogP contribution in [-0.2, 0) is 4.74 Å². The van der Waals surface area contributed by atoms with Crippen LogP contribution < -0.4 is 0 Å². The van der Waals surface area contributed by atoms with E-state index in [1.807, 2.05) is 0 Å². The molecular formula is C11H24O. The van der Waals surface area contributed by atoms with Crippen molar-refractivity contribution in [2.75, 3.05) is 0 Å². The van der Waals surface area contributed by atoms with Crippen LogP contribution in [0.15, 0.2) is 0 Å². The molecule has 0 radical (unpaired) electrons. The Morgan fingerprint density at radius 1 is 1.17 bits per heavy atom. The summed E-state index contributed by atoms with van der Waals surface area (Å²) < 4.78 is 5.94. The van der Waals surface area contributed by atoms with Gasteiger partial charge < -0.3 is 4.74 Å². The van der Waals surface area contributed by atoms with Crippen molar-refractivity contribution in [1.29, 1.82) is 0 Å². The Morgan fingerprint density at radius 2 is 1.67 bits per heavy atom. The van der Waals surface area contributed by atoms with Crippen LogP contribution in [0.3, 0.4) is 0 Å². The molecule has 0 N–H and O–H groups in total. The van der Waals surface area contributed by atoms with Crippen LogP contribution in [-0.4, -0.2) is 11.7 Å². The second-order valence-corrected chi connectivity index (χ2v) is 4.32. The van der Waals surface area contributed by atoms with Crippen LogP contribution in [0.4, 0.5) is 0 Å². The third kappa shape index (κ3) is 4.10. The molecule has 0 heterocycles. The third-order valence-electron chi connectivity index (χ3n) is 2.80. The van der Waals surface area contributed by atoms with Gasteiger partial charge in [-0.15, -0.1) is 0 Å². The second-order valence-electron chi connectivity index (χ2n) is 4.32. The fourth-order valence-corrected chi connectivity index (χ4v) is 1.03. The van der Waals surface area contributed by atoms with E-state index in [0.29, 0.717) is 12.0 Å². The Balaban J connectivity index is 3.90. The maximum atomic E-state index is 5.94. The largest absolute Gasteiger partial charge is 0.372 e. The standard InChI is InChI=1S/C11H24O/c1-7-9(3)10(4)12-11(5,6)8-2/h9-10H,7-8H2,1-6H3. The van der Waals surface area contributed by atoms with Gasteiger partial charge in [-0.05, 0) is 33.1 Å². The van der Waals surface area contributed by atoms with Gasteiger partial charge >= 0.3 is 0 Å². The average molecular weight is 172 g/mol. The quantitative estimate of drug-likeness (QED) is 0.615. The summed E-state index contributed by atoms with van der Waals surface area (Å²) >= 11 is 0. The number of hydrogen-bond acceptors (Lipinski definition) is 1. The average Bonchev–Trinajstić information content (AvgIpc) is 2.02. The van der Waals surface area contributed by atoms with Gasteiger partial charge in [0.15, 0.2) is 0 Å². The first-order valence-corrected chi connectivity index (χ1v) is 5.10. The van der Waals surface area contributed by atoms with E-state index in [2.05, 4.69) is 41.5 Å². The molecule has 2 unspecified atom stereocenters.